The fourth-order valence-electron chi connectivity index (χ4n) is 2.60. The Labute approximate surface area is 119 Å². The number of benzene rings is 1. The lowest BCUT2D eigenvalue weighted by Gasteiger charge is -2.27. The molecule has 1 aliphatic rings. The third-order valence-corrected chi connectivity index (χ3v) is 6.01. The predicted molar refractivity (Wildman–Crippen MR) is 75.9 cm³/mol. The van der Waals surface area contributed by atoms with Crippen LogP contribution in [-0.2, 0) is 9.84 Å². The highest BCUT2D eigenvalue weighted by Gasteiger charge is 2.36. The van der Waals surface area contributed by atoms with Gasteiger partial charge in [0.1, 0.15) is 11.5 Å². The van der Waals surface area contributed by atoms with Crippen LogP contribution in [0, 0.1) is 0 Å². The van der Waals surface area contributed by atoms with Gasteiger partial charge in [0.2, 0.25) is 0 Å². The molecule has 1 aromatic rings. The summed E-state index contributed by atoms with van der Waals surface area (Å²) in [6, 6.07) is 5.02. The zero-order valence-corrected chi connectivity index (χ0v) is 12.5. The van der Waals surface area contributed by atoms with Crippen molar-refractivity contribution in [2.24, 2.45) is 0 Å². The lowest BCUT2D eigenvalue weighted by atomic mass is 10.0. The summed E-state index contributed by atoms with van der Waals surface area (Å²) in [6.07, 6.45) is 0.864. The van der Waals surface area contributed by atoms with Gasteiger partial charge in [-0.05, 0) is 31.0 Å². The van der Waals surface area contributed by atoms with Gasteiger partial charge in [0, 0.05) is 5.56 Å². The second-order valence-electron chi connectivity index (χ2n) is 4.95. The molecule has 1 aliphatic heterocycles. The van der Waals surface area contributed by atoms with Gasteiger partial charge in [-0.1, -0.05) is 6.42 Å². The number of aliphatic hydroxyl groups is 1. The fourth-order valence-corrected chi connectivity index (χ4v) is 4.58. The van der Waals surface area contributed by atoms with E-state index in [-0.39, 0.29) is 5.75 Å². The maximum atomic E-state index is 12.1. The zero-order chi connectivity index (χ0) is 14.8. The summed E-state index contributed by atoms with van der Waals surface area (Å²) >= 11 is 0. The third kappa shape index (κ3) is 2.91. The molecule has 5 nitrogen and oxygen atoms in total. The van der Waals surface area contributed by atoms with Crippen molar-refractivity contribution in [2.75, 3.05) is 20.0 Å². The van der Waals surface area contributed by atoms with Gasteiger partial charge in [-0.25, -0.2) is 8.42 Å². The summed E-state index contributed by atoms with van der Waals surface area (Å²) in [5, 5.41) is 9.73. The van der Waals surface area contributed by atoms with Crippen molar-refractivity contribution in [2.45, 2.75) is 30.6 Å². The number of hydrogen-bond donors (Lipinski definition) is 1. The molecule has 0 spiro atoms. The average molecular weight is 300 g/mol. The summed E-state index contributed by atoms with van der Waals surface area (Å²) < 4.78 is 34.6. The molecule has 20 heavy (non-hydrogen) atoms. The lowest BCUT2D eigenvalue weighted by Crippen LogP contribution is -2.34. The maximum Gasteiger partial charge on any atom is 0.156 e. The number of rotatable bonds is 4. The summed E-state index contributed by atoms with van der Waals surface area (Å²) in [5.41, 5.74) is 0.460. The second kappa shape index (κ2) is 6.01. The summed E-state index contributed by atoms with van der Waals surface area (Å²) in [7, 11) is -0.245. The van der Waals surface area contributed by atoms with Crippen LogP contribution in [0.15, 0.2) is 18.2 Å². The summed E-state index contributed by atoms with van der Waals surface area (Å²) in [6.45, 7) is 0. The number of sulfone groups is 1. The number of methoxy groups -OCH3 is 2. The monoisotopic (exact) mass is 300 g/mol. The summed E-state index contributed by atoms with van der Waals surface area (Å²) in [4.78, 5) is 0. The molecular weight excluding hydrogens is 280 g/mol. The normalized spacial score (nSPS) is 23.1. The van der Waals surface area contributed by atoms with Crippen LogP contribution < -0.4 is 9.47 Å². The van der Waals surface area contributed by atoms with Gasteiger partial charge >= 0.3 is 0 Å². The molecule has 0 bridgehead atoms. The van der Waals surface area contributed by atoms with Gasteiger partial charge in [0.25, 0.3) is 0 Å². The SMILES string of the molecule is COc1ccc(OC)c(C(O)C2CCCCS2(=O)=O)c1. The van der Waals surface area contributed by atoms with Crippen LogP contribution >= 0.6 is 0 Å². The molecule has 1 heterocycles. The van der Waals surface area contributed by atoms with E-state index in [4.69, 9.17) is 9.47 Å². The molecule has 0 saturated carbocycles. The lowest BCUT2D eigenvalue weighted by molar-refractivity contribution is 0.160. The fraction of sp³-hybridized carbons (Fsp3) is 0.571. The molecule has 0 aliphatic carbocycles. The Balaban J connectivity index is 2.38. The molecule has 0 radical (unpaired) electrons. The van der Waals surface area contributed by atoms with E-state index in [1.54, 1.807) is 18.2 Å². The maximum absolute atomic E-state index is 12.1. The van der Waals surface area contributed by atoms with Crippen molar-refractivity contribution in [3.63, 3.8) is 0 Å². The van der Waals surface area contributed by atoms with Gasteiger partial charge < -0.3 is 14.6 Å². The van der Waals surface area contributed by atoms with Crippen molar-refractivity contribution >= 4 is 9.84 Å². The molecule has 1 N–H and O–H groups in total. The molecule has 0 aromatic heterocycles. The van der Waals surface area contributed by atoms with E-state index in [0.717, 1.165) is 6.42 Å². The van der Waals surface area contributed by atoms with Crippen LogP contribution in [0.1, 0.15) is 30.9 Å². The van der Waals surface area contributed by atoms with E-state index in [2.05, 4.69) is 0 Å². The van der Waals surface area contributed by atoms with Gasteiger partial charge in [-0.15, -0.1) is 0 Å². The Morgan fingerprint density at radius 2 is 2.00 bits per heavy atom. The van der Waals surface area contributed by atoms with Gasteiger partial charge in [0.15, 0.2) is 9.84 Å². The molecular formula is C14H20O5S. The highest BCUT2D eigenvalue weighted by atomic mass is 32.2. The van der Waals surface area contributed by atoms with E-state index >= 15 is 0 Å². The Bertz CT molecular complexity index is 567. The minimum Gasteiger partial charge on any atom is -0.497 e. The van der Waals surface area contributed by atoms with E-state index in [0.29, 0.717) is 29.9 Å². The first-order valence-electron chi connectivity index (χ1n) is 6.61. The quantitative estimate of drug-likeness (QED) is 0.916. The van der Waals surface area contributed by atoms with E-state index in [1.807, 2.05) is 0 Å². The van der Waals surface area contributed by atoms with Crippen molar-refractivity contribution in [3.8, 4) is 11.5 Å². The van der Waals surface area contributed by atoms with E-state index in [9.17, 15) is 13.5 Å². The Kier molecular flexibility index (Phi) is 4.55. The van der Waals surface area contributed by atoms with Crippen LogP contribution in [0.5, 0.6) is 11.5 Å². The highest BCUT2D eigenvalue weighted by Crippen LogP contribution is 2.36. The molecule has 1 aromatic carbocycles. The topological polar surface area (TPSA) is 72.8 Å². The molecule has 1 saturated heterocycles. The van der Waals surface area contributed by atoms with Crippen LogP contribution in [-0.4, -0.2) is 38.7 Å². The molecule has 2 unspecified atom stereocenters. The van der Waals surface area contributed by atoms with Crippen molar-refractivity contribution in [3.05, 3.63) is 23.8 Å². The molecule has 1 fully saturated rings. The van der Waals surface area contributed by atoms with Crippen molar-refractivity contribution in [1.82, 2.24) is 0 Å². The first kappa shape index (κ1) is 15.1. The Morgan fingerprint density at radius 1 is 1.25 bits per heavy atom. The molecule has 0 amide bonds. The van der Waals surface area contributed by atoms with Crippen LogP contribution in [0.2, 0.25) is 0 Å². The van der Waals surface area contributed by atoms with Crippen molar-refractivity contribution in [1.29, 1.82) is 0 Å². The average Bonchev–Trinajstić information content (AvgIpc) is 2.45. The first-order chi connectivity index (χ1) is 9.49. The highest BCUT2D eigenvalue weighted by molar-refractivity contribution is 7.92. The molecule has 2 atom stereocenters. The van der Waals surface area contributed by atoms with E-state index in [1.165, 1.54) is 14.2 Å². The number of ether oxygens (including phenoxy) is 2. The smallest absolute Gasteiger partial charge is 0.156 e. The molecule has 6 heteroatoms. The van der Waals surface area contributed by atoms with Gasteiger partial charge in [0.05, 0.1) is 31.3 Å². The van der Waals surface area contributed by atoms with Crippen LogP contribution in [0.4, 0.5) is 0 Å². The zero-order valence-electron chi connectivity index (χ0n) is 11.7. The second-order valence-corrected chi connectivity index (χ2v) is 7.29. The Morgan fingerprint density at radius 3 is 2.60 bits per heavy atom. The van der Waals surface area contributed by atoms with Crippen LogP contribution in [0.25, 0.3) is 0 Å². The van der Waals surface area contributed by atoms with Crippen LogP contribution in [0.3, 0.4) is 0 Å². The largest absolute Gasteiger partial charge is 0.497 e. The van der Waals surface area contributed by atoms with E-state index < -0.39 is 21.2 Å². The van der Waals surface area contributed by atoms with Gasteiger partial charge in [-0.2, -0.15) is 0 Å². The van der Waals surface area contributed by atoms with Crippen molar-refractivity contribution < 1.29 is 23.0 Å². The minimum absolute atomic E-state index is 0.140. The number of aliphatic hydroxyl groups excluding tert-OH is 1. The summed E-state index contributed by atoms with van der Waals surface area (Å²) in [5.74, 6) is 1.17. The first-order valence-corrected chi connectivity index (χ1v) is 8.32. The minimum atomic E-state index is -3.26. The predicted octanol–water partition coefficient (Wildman–Crippen LogP) is 1.70. The third-order valence-electron chi connectivity index (χ3n) is 3.74. The molecule has 2 rings (SSSR count). The Hall–Kier alpha value is -1.27. The number of hydrogen-bond acceptors (Lipinski definition) is 5. The van der Waals surface area contributed by atoms with Gasteiger partial charge in [-0.3, -0.25) is 0 Å². The molecule has 112 valence electrons. The standard InChI is InChI=1S/C14H20O5S/c1-18-10-6-7-12(19-2)11(9-10)14(15)13-5-3-4-8-20(13,16)17/h6-7,9,13-15H,3-5,8H2,1-2H3.